The van der Waals surface area contributed by atoms with Crippen LogP contribution in [-0.4, -0.2) is 0 Å². The van der Waals surface area contributed by atoms with E-state index in [0.29, 0.717) is 27.1 Å². The van der Waals surface area contributed by atoms with Crippen LogP contribution in [0.5, 0.6) is 0 Å². The maximum absolute atomic E-state index is 2.41. The molecule has 0 aromatic rings. The van der Waals surface area contributed by atoms with Gasteiger partial charge >= 0.3 is 0 Å². The molecular weight excluding hydrogens is 300 g/mol. The van der Waals surface area contributed by atoms with Gasteiger partial charge in [-0.3, -0.25) is 0 Å². The zero-order chi connectivity index (χ0) is 19.7. The largest absolute Gasteiger partial charge is 0.0599 e. The first kappa shape index (κ1) is 23.0. The SMILES string of the molecule is CC(C)(C)C1(C)CC1.CC(C)(C)C1(C)CCC1.CC(C)(C)C1CCC1. The molecule has 0 aromatic heterocycles. The minimum atomic E-state index is 0.533. The Morgan fingerprint density at radius 1 is 0.560 bits per heavy atom. The van der Waals surface area contributed by atoms with Gasteiger partial charge in [0.1, 0.15) is 0 Å². The highest BCUT2D eigenvalue weighted by atomic mass is 14.5. The van der Waals surface area contributed by atoms with E-state index in [1.54, 1.807) is 0 Å². The Bertz CT molecular complexity index is 392. The number of rotatable bonds is 0. The van der Waals surface area contributed by atoms with Crippen LogP contribution in [0.4, 0.5) is 0 Å². The summed E-state index contributed by atoms with van der Waals surface area (Å²) in [5, 5.41) is 0. The van der Waals surface area contributed by atoms with Crippen molar-refractivity contribution in [1.82, 2.24) is 0 Å². The van der Waals surface area contributed by atoms with Crippen LogP contribution in [-0.2, 0) is 0 Å². The molecule has 3 fully saturated rings. The minimum absolute atomic E-state index is 0.533. The summed E-state index contributed by atoms with van der Waals surface area (Å²) in [5.74, 6) is 1.03. The van der Waals surface area contributed by atoms with Crippen LogP contribution in [0.25, 0.3) is 0 Å². The van der Waals surface area contributed by atoms with Crippen molar-refractivity contribution in [1.29, 1.82) is 0 Å². The summed E-state index contributed by atoms with van der Waals surface area (Å²) in [6.07, 6.45) is 11.6. The molecule has 25 heavy (non-hydrogen) atoms. The number of hydrogen-bond acceptors (Lipinski definition) is 0. The molecule has 0 heterocycles. The van der Waals surface area contributed by atoms with Crippen LogP contribution in [0.3, 0.4) is 0 Å². The third-order valence-electron chi connectivity index (χ3n) is 8.41. The minimum Gasteiger partial charge on any atom is -0.0599 e. The fourth-order valence-electron chi connectivity index (χ4n) is 3.67. The molecule has 3 aliphatic rings. The molecule has 3 rings (SSSR count). The van der Waals surface area contributed by atoms with Crippen molar-refractivity contribution in [2.75, 3.05) is 0 Å². The van der Waals surface area contributed by atoms with Gasteiger partial charge in [0.2, 0.25) is 0 Å². The van der Waals surface area contributed by atoms with Crippen molar-refractivity contribution < 1.29 is 0 Å². The highest BCUT2D eigenvalue weighted by Gasteiger charge is 2.47. The van der Waals surface area contributed by atoms with E-state index >= 15 is 0 Å². The van der Waals surface area contributed by atoms with Gasteiger partial charge in [-0.1, -0.05) is 89.0 Å². The van der Waals surface area contributed by atoms with E-state index in [4.69, 9.17) is 0 Å². The van der Waals surface area contributed by atoms with Crippen molar-refractivity contribution in [2.45, 2.75) is 128 Å². The Labute approximate surface area is 160 Å². The Balaban J connectivity index is 0.000000188. The molecular formula is C25H50. The molecule has 0 atom stereocenters. The first-order chi connectivity index (χ1) is 11.0. The van der Waals surface area contributed by atoms with Gasteiger partial charge in [0.05, 0.1) is 0 Å². The summed E-state index contributed by atoms with van der Waals surface area (Å²) in [7, 11) is 0. The van der Waals surface area contributed by atoms with E-state index in [1.807, 2.05) is 0 Å². The van der Waals surface area contributed by atoms with Crippen molar-refractivity contribution >= 4 is 0 Å². The molecule has 0 aliphatic heterocycles. The molecule has 0 radical (unpaired) electrons. The molecule has 0 nitrogen and oxygen atoms in total. The third-order valence-corrected chi connectivity index (χ3v) is 8.41. The van der Waals surface area contributed by atoms with Crippen molar-refractivity contribution in [3.8, 4) is 0 Å². The summed E-state index contributed by atoms with van der Waals surface area (Å²) < 4.78 is 0. The quantitative estimate of drug-likeness (QED) is 0.409. The van der Waals surface area contributed by atoms with E-state index < -0.39 is 0 Å². The molecule has 0 aromatic carbocycles. The summed E-state index contributed by atoms with van der Waals surface area (Å²) in [6, 6.07) is 0. The van der Waals surface area contributed by atoms with Crippen LogP contribution in [0.1, 0.15) is 128 Å². The van der Waals surface area contributed by atoms with E-state index in [0.717, 1.165) is 5.92 Å². The topological polar surface area (TPSA) is 0 Å². The number of hydrogen-bond donors (Lipinski definition) is 0. The molecule has 3 aliphatic carbocycles. The molecule has 150 valence electrons. The first-order valence-electron chi connectivity index (χ1n) is 11.0. The smallest absolute Gasteiger partial charge is 0.0277 e. The Kier molecular flexibility index (Phi) is 6.96. The summed E-state index contributed by atoms with van der Waals surface area (Å²) in [6.45, 7) is 25.9. The fourth-order valence-corrected chi connectivity index (χ4v) is 3.67. The fraction of sp³-hybridized carbons (Fsp3) is 1.00. The second-order valence-corrected chi connectivity index (χ2v) is 13.0. The molecule has 0 unspecified atom stereocenters. The highest BCUT2D eigenvalue weighted by molar-refractivity contribution is 4.97. The predicted molar refractivity (Wildman–Crippen MR) is 115 cm³/mol. The van der Waals surface area contributed by atoms with Crippen LogP contribution < -0.4 is 0 Å². The second kappa shape index (κ2) is 7.55. The van der Waals surface area contributed by atoms with Gasteiger partial charge in [-0.15, -0.1) is 0 Å². The summed E-state index contributed by atoms with van der Waals surface area (Å²) in [5.41, 5.74) is 3.02. The van der Waals surface area contributed by atoms with E-state index in [1.165, 1.54) is 51.4 Å². The van der Waals surface area contributed by atoms with Crippen LogP contribution in [0.2, 0.25) is 0 Å². The van der Waals surface area contributed by atoms with Gasteiger partial charge in [0, 0.05) is 0 Å². The zero-order valence-corrected chi connectivity index (χ0v) is 19.7. The molecule has 0 spiro atoms. The molecule has 0 saturated heterocycles. The maximum Gasteiger partial charge on any atom is -0.0277 e. The molecule has 3 saturated carbocycles. The lowest BCUT2D eigenvalue weighted by atomic mass is 9.56. The van der Waals surface area contributed by atoms with Crippen LogP contribution >= 0.6 is 0 Å². The van der Waals surface area contributed by atoms with Crippen molar-refractivity contribution in [2.24, 2.45) is 33.0 Å². The van der Waals surface area contributed by atoms with Crippen LogP contribution in [0, 0.1) is 33.0 Å². The maximum atomic E-state index is 2.41. The van der Waals surface area contributed by atoms with E-state index in [2.05, 4.69) is 76.2 Å². The van der Waals surface area contributed by atoms with E-state index in [-0.39, 0.29) is 0 Å². The lowest BCUT2D eigenvalue weighted by Gasteiger charge is -2.49. The Hall–Kier alpha value is 0. The lowest BCUT2D eigenvalue weighted by Crippen LogP contribution is -2.38. The zero-order valence-electron chi connectivity index (χ0n) is 19.7. The summed E-state index contributed by atoms with van der Waals surface area (Å²) in [4.78, 5) is 0. The Morgan fingerprint density at radius 2 is 0.920 bits per heavy atom. The van der Waals surface area contributed by atoms with Gasteiger partial charge in [0.15, 0.2) is 0 Å². The average Bonchev–Trinajstić information content (AvgIpc) is 3.00. The third kappa shape index (κ3) is 6.28. The van der Waals surface area contributed by atoms with Crippen LogP contribution in [0.15, 0.2) is 0 Å². The highest BCUT2D eigenvalue weighted by Crippen LogP contribution is 2.57. The lowest BCUT2D eigenvalue weighted by molar-refractivity contribution is 0.0176. The van der Waals surface area contributed by atoms with Gasteiger partial charge in [0.25, 0.3) is 0 Å². The monoisotopic (exact) mass is 350 g/mol. The Morgan fingerprint density at radius 3 is 0.920 bits per heavy atom. The van der Waals surface area contributed by atoms with Gasteiger partial charge in [-0.05, 0) is 71.5 Å². The average molecular weight is 351 g/mol. The standard InChI is InChI=1S/C9H18.2C8H16/c1-8(2,3)9(4)6-5-7-9;1-7(2,3)8(4)5-6-8;1-8(2,3)7-5-4-6-7/h5-7H2,1-4H3;5-6H2,1-4H3;7H,4-6H2,1-3H3. The molecule has 0 N–H and O–H groups in total. The molecule has 0 heteroatoms. The van der Waals surface area contributed by atoms with Gasteiger partial charge in [-0.2, -0.15) is 0 Å². The molecule has 0 bridgehead atoms. The first-order valence-corrected chi connectivity index (χ1v) is 11.0. The van der Waals surface area contributed by atoms with Crippen molar-refractivity contribution in [3.63, 3.8) is 0 Å². The van der Waals surface area contributed by atoms with Gasteiger partial charge in [-0.25, -0.2) is 0 Å². The molecule has 0 amide bonds. The van der Waals surface area contributed by atoms with E-state index in [9.17, 15) is 0 Å². The normalized spacial score (nSPS) is 24.6. The predicted octanol–water partition coefficient (Wildman–Crippen LogP) is 8.89. The van der Waals surface area contributed by atoms with Crippen molar-refractivity contribution in [3.05, 3.63) is 0 Å². The summed E-state index contributed by atoms with van der Waals surface area (Å²) >= 11 is 0. The second-order valence-electron chi connectivity index (χ2n) is 13.0. The van der Waals surface area contributed by atoms with Gasteiger partial charge < -0.3 is 0 Å².